The molecule has 178 valence electrons. The number of imide groups is 1. The number of benzene rings is 1. The van der Waals surface area contributed by atoms with Crippen molar-refractivity contribution >= 4 is 18.0 Å². The molecule has 32 heavy (non-hydrogen) atoms. The minimum absolute atomic E-state index is 0.209. The van der Waals surface area contributed by atoms with Crippen LogP contribution in [0.15, 0.2) is 36.0 Å². The van der Waals surface area contributed by atoms with Crippen LogP contribution in [-0.4, -0.2) is 23.4 Å². The molecule has 0 aromatic heterocycles. The van der Waals surface area contributed by atoms with E-state index in [1.54, 1.807) is 6.08 Å². The Morgan fingerprint density at radius 2 is 1.16 bits per heavy atom. The fraction of sp³-hybridized carbons (Fsp3) is 0.643. The summed E-state index contributed by atoms with van der Waals surface area (Å²) in [5, 5.41) is 2.71. The minimum Gasteiger partial charge on any atom is -0.303 e. The van der Waals surface area contributed by atoms with E-state index >= 15 is 0 Å². The van der Waals surface area contributed by atoms with Crippen LogP contribution in [0.25, 0.3) is 6.08 Å². The van der Waals surface area contributed by atoms with E-state index in [4.69, 9.17) is 0 Å². The number of carbonyl (C=O) groups excluding carboxylic acids is 2. The molecule has 0 bridgehead atoms. The van der Waals surface area contributed by atoms with Gasteiger partial charge in [-0.15, -0.1) is 0 Å². The maximum Gasteiger partial charge on any atom is 0.329 e. The summed E-state index contributed by atoms with van der Waals surface area (Å²) in [6.45, 7) is 2.78. The van der Waals surface area contributed by atoms with Crippen LogP contribution in [0.2, 0.25) is 0 Å². The van der Waals surface area contributed by atoms with Crippen LogP contribution in [0.3, 0.4) is 0 Å². The van der Waals surface area contributed by atoms with Gasteiger partial charge in [0.2, 0.25) is 0 Å². The van der Waals surface area contributed by atoms with Crippen LogP contribution in [-0.2, 0) is 4.79 Å². The lowest BCUT2D eigenvalue weighted by Gasteiger charge is -2.11. The van der Waals surface area contributed by atoms with E-state index in [1.807, 2.05) is 30.3 Å². The summed E-state index contributed by atoms with van der Waals surface area (Å²) in [6.07, 6.45) is 22.8. The Morgan fingerprint density at radius 1 is 0.688 bits per heavy atom. The first-order chi connectivity index (χ1) is 15.7. The van der Waals surface area contributed by atoms with E-state index in [2.05, 4.69) is 12.2 Å². The number of unbranched alkanes of at least 4 members (excludes halogenated alkanes) is 15. The number of nitrogens with zero attached hydrogens (tertiary/aromatic N) is 1. The Labute approximate surface area is 195 Å². The van der Waals surface area contributed by atoms with Gasteiger partial charge >= 0.3 is 6.03 Å². The summed E-state index contributed by atoms with van der Waals surface area (Å²) >= 11 is 0. The fourth-order valence-electron chi connectivity index (χ4n) is 4.31. The quantitative estimate of drug-likeness (QED) is 0.144. The van der Waals surface area contributed by atoms with E-state index in [9.17, 15) is 9.59 Å². The average Bonchev–Trinajstić information content (AvgIpc) is 3.06. The molecule has 0 saturated carbocycles. The monoisotopic (exact) mass is 440 g/mol. The molecule has 1 aromatic carbocycles. The van der Waals surface area contributed by atoms with Crippen molar-refractivity contribution in [2.45, 2.75) is 110 Å². The molecule has 1 aromatic rings. The van der Waals surface area contributed by atoms with Gasteiger partial charge in [-0.05, 0) is 18.1 Å². The number of hydrogen-bond acceptors (Lipinski definition) is 2. The first kappa shape index (κ1) is 26.2. The van der Waals surface area contributed by atoms with Crippen molar-refractivity contribution in [2.24, 2.45) is 0 Å². The number of amides is 3. The minimum atomic E-state index is -0.293. The Balaban J connectivity index is 1.43. The summed E-state index contributed by atoms with van der Waals surface area (Å²) in [4.78, 5) is 26.0. The van der Waals surface area contributed by atoms with Gasteiger partial charge < -0.3 is 5.32 Å². The van der Waals surface area contributed by atoms with Gasteiger partial charge in [-0.3, -0.25) is 9.69 Å². The van der Waals surface area contributed by atoms with Crippen molar-refractivity contribution in [3.63, 3.8) is 0 Å². The van der Waals surface area contributed by atoms with Crippen molar-refractivity contribution in [1.82, 2.24) is 10.2 Å². The Hall–Kier alpha value is -2.10. The first-order valence-electron chi connectivity index (χ1n) is 13.1. The molecule has 1 aliphatic heterocycles. The molecular formula is C28H44N2O2. The highest BCUT2D eigenvalue weighted by Gasteiger charge is 2.32. The number of carbonyl (C=O) groups is 2. The Bertz CT molecular complexity index is 684. The molecular weight excluding hydrogens is 396 g/mol. The summed E-state index contributed by atoms with van der Waals surface area (Å²) in [5.74, 6) is -0.209. The molecule has 2 rings (SSSR count). The van der Waals surface area contributed by atoms with Crippen molar-refractivity contribution in [2.75, 3.05) is 6.54 Å². The van der Waals surface area contributed by atoms with Gasteiger partial charge in [0.15, 0.2) is 0 Å². The van der Waals surface area contributed by atoms with Gasteiger partial charge in [0.1, 0.15) is 5.70 Å². The van der Waals surface area contributed by atoms with Crippen LogP contribution in [0.1, 0.15) is 115 Å². The predicted octanol–water partition coefficient (Wildman–Crippen LogP) is 7.84. The molecule has 4 heteroatoms. The van der Waals surface area contributed by atoms with Crippen LogP contribution < -0.4 is 5.32 Å². The van der Waals surface area contributed by atoms with Crippen LogP contribution >= 0.6 is 0 Å². The van der Waals surface area contributed by atoms with Crippen LogP contribution in [0.5, 0.6) is 0 Å². The molecule has 0 unspecified atom stereocenters. The smallest absolute Gasteiger partial charge is 0.303 e. The van der Waals surface area contributed by atoms with E-state index < -0.39 is 0 Å². The molecule has 0 atom stereocenters. The first-order valence-corrected chi connectivity index (χ1v) is 13.1. The molecule has 1 N–H and O–H groups in total. The van der Waals surface area contributed by atoms with Crippen molar-refractivity contribution in [1.29, 1.82) is 0 Å². The van der Waals surface area contributed by atoms with E-state index in [1.165, 1.54) is 94.8 Å². The largest absolute Gasteiger partial charge is 0.329 e. The maximum absolute atomic E-state index is 12.5. The molecule has 0 radical (unpaired) electrons. The van der Waals surface area contributed by atoms with Crippen molar-refractivity contribution in [3.8, 4) is 0 Å². The van der Waals surface area contributed by atoms with Gasteiger partial charge in [0.25, 0.3) is 5.91 Å². The molecule has 3 amide bonds. The lowest BCUT2D eigenvalue weighted by Crippen LogP contribution is -2.31. The second-order valence-corrected chi connectivity index (χ2v) is 9.16. The third-order valence-corrected chi connectivity index (χ3v) is 6.31. The Morgan fingerprint density at radius 3 is 1.66 bits per heavy atom. The molecule has 1 saturated heterocycles. The summed E-state index contributed by atoms with van der Waals surface area (Å²) in [5.41, 5.74) is 1.29. The second kappa shape index (κ2) is 16.5. The van der Waals surface area contributed by atoms with Crippen molar-refractivity contribution < 1.29 is 9.59 Å². The van der Waals surface area contributed by atoms with Gasteiger partial charge in [-0.2, -0.15) is 0 Å². The summed E-state index contributed by atoms with van der Waals surface area (Å²) < 4.78 is 0. The van der Waals surface area contributed by atoms with Crippen LogP contribution in [0, 0.1) is 0 Å². The highest BCUT2D eigenvalue weighted by Crippen LogP contribution is 2.16. The molecule has 4 nitrogen and oxygen atoms in total. The predicted molar refractivity (Wildman–Crippen MR) is 134 cm³/mol. The second-order valence-electron chi connectivity index (χ2n) is 9.16. The fourth-order valence-corrected chi connectivity index (χ4v) is 4.31. The van der Waals surface area contributed by atoms with Gasteiger partial charge in [-0.25, -0.2) is 4.79 Å². The highest BCUT2D eigenvalue weighted by molar-refractivity contribution is 6.13. The third kappa shape index (κ3) is 10.5. The molecule has 1 heterocycles. The van der Waals surface area contributed by atoms with E-state index in [0.29, 0.717) is 12.2 Å². The van der Waals surface area contributed by atoms with Gasteiger partial charge in [-0.1, -0.05) is 134 Å². The molecule has 0 spiro atoms. The summed E-state index contributed by atoms with van der Waals surface area (Å²) in [6, 6.07) is 9.32. The van der Waals surface area contributed by atoms with Gasteiger partial charge in [0, 0.05) is 6.54 Å². The third-order valence-electron chi connectivity index (χ3n) is 6.31. The SMILES string of the molecule is CCCCCCCCCCCCCCCCCCN1C(=O)NC(=Cc2ccccc2)C1=O. The van der Waals surface area contributed by atoms with E-state index in [0.717, 1.165) is 18.4 Å². The molecule has 0 aliphatic carbocycles. The lowest BCUT2D eigenvalue weighted by molar-refractivity contribution is -0.122. The number of urea groups is 1. The lowest BCUT2D eigenvalue weighted by atomic mass is 10.0. The zero-order chi connectivity index (χ0) is 22.9. The topological polar surface area (TPSA) is 49.4 Å². The number of hydrogen-bond donors (Lipinski definition) is 1. The van der Waals surface area contributed by atoms with Crippen molar-refractivity contribution in [3.05, 3.63) is 41.6 Å². The molecule has 1 fully saturated rings. The van der Waals surface area contributed by atoms with E-state index in [-0.39, 0.29) is 11.9 Å². The zero-order valence-electron chi connectivity index (χ0n) is 20.2. The maximum atomic E-state index is 12.5. The molecule has 1 aliphatic rings. The Kier molecular flexibility index (Phi) is 13.5. The number of nitrogens with one attached hydrogen (secondary N) is 1. The standard InChI is InChI=1S/C28H44N2O2/c1-2-3-4-5-6-7-8-9-10-11-12-13-14-15-16-20-23-30-27(31)26(29-28(30)32)24-25-21-18-17-19-22-25/h17-19,21-22,24H,2-16,20,23H2,1H3,(H,29,32). The highest BCUT2D eigenvalue weighted by atomic mass is 16.2. The zero-order valence-corrected chi connectivity index (χ0v) is 20.2. The number of rotatable bonds is 18. The summed E-state index contributed by atoms with van der Waals surface area (Å²) in [7, 11) is 0. The average molecular weight is 441 g/mol. The normalized spacial score (nSPS) is 15.0. The van der Waals surface area contributed by atoms with Crippen LogP contribution in [0.4, 0.5) is 4.79 Å². The van der Waals surface area contributed by atoms with Gasteiger partial charge in [0.05, 0.1) is 0 Å².